The van der Waals surface area contributed by atoms with Gasteiger partial charge in [0.15, 0.2) is 49.6 Å². The van der Waals surface area contributed by atoms with E-state index >= 15 is 0 Å². The van der Waals surface area contributed by atoms with Crippen molar-refractivity contribution in [1.29, 1.82) is 0 Å². The van der Waals surface area contributed by atoms with Gasteiger partial charge >= 0.3 is 0 Å². The molecule has 4 aromatic carbocycles. The van der Waals surface area contributed by atoms with Gasteiger partial charge in [-0.05, 0) is 109 Å². The lowest BCUT2D eigenvalue weighted by Crippen LogP contribution is -2.62. The Morgan fingerprint density at radius 3 is 0.600 bits per heavy atom. The number of nitrogens with zero attached hydrogens (tertiary/aromatic N) is 4. The van der Waals surface area contributed by atoms with Gasteiger partial charge in [0.2, 0.25) is 23.6 Å². The lowest BCUT2D eigenvalue weighted by Gasteiger charge is -2.42. The molecule has 0 saturated carbocycles. The summed E-state index contributed by atoms with van der Waals surface area (Å²) in [6.45, 7) is -11.4. The number of benzene rings is 4. The fourth-order valence-corrected chi connectivity index (χ4v) is 17.1. The van der Waals surface area contributed by atoms with E-state index < -0.39 is 372 Å². The summed E-state index contributed by atoms with van der Waals surface area (Å²) < 4.78 is 43.0. The topological polar surface area (TPSA) is 919 Å². The van der Waals surface area contributed by atoms with Crippen molar-refractivity contribution in [1.82, 2.24) is 21.3 Å². The first kappa shape index (κ1) is 125. The molecule has 36 N–H and O–H groups in total. The predicted octanol–water partition coefficient (Wildman–Crippen LogP) is -17.5. The quantitative estimate of drug-likeness (QED) is 0.0195. The Bertz CT molecular complexity index is 4220. The molecular formula is C94H140N8O48. The number of amides is 8. The highest BCUT2D eigenvalue weighted by Crippen LogP contribution is 2.34. The maximum atomic E-state index is 14.8. The van der Waals surface area contributed by atoms with Gasteiger partial charge in [0, 0.05) is 101 Å². The fourth-order valence-electron chi connectivity index (χ4n) is 17.1. The molecule has 56 nitrogen and oxygen atoms in total. The highest BCUT2D eigenvalue weighted by molar-refractivity contribution is 5.97. The third-order valence-corrected chi connectivity index (χ3v) is 26.1. The van der Waals surface area contributed by atoms with Crippen molar-refractivity contribution in [3.05, 3.63) is 119 Å². The van der Waals surface area contributed by atoms with E-state index in [2.05, 4.69) is 21.3 Å². The zero-order chi connectivity index (χ0) is 111. The van der Waals surface area contributed by atoms with Gasteiger partial charge in [-0.3, -0.25) is 38.4 Å². The van der Waals surface area contributed by atoms with Crippen molar-refractivity contribution in [2.24, 2.45) is 0 Å². The molecule has 4 fully saturated rings. The minimum Gasteiger partial charge on any atom is -0.394 e. The largest absolute Gasteiger partial charge is 0.394 e. The molecule has 0 radical (unpaired) electrons. The Hall–Kier alpha value is -8.96. The molecule has 11 aliphatic heterocycles. The Kier molecular flexibility index (Phi) is 49.5. The second-order valence-corrected chi connectivity index (χ2v) is 36.7. The van der Waals surface area contributed by atoms with Crippen molar-refractivity contribution in [3.8, 4) is 0 Å². The van der Waals surface area contributed by atoms with Gasteiger partial charge < -0.3 is 242 Å². The van der Waals surface area contributed by atoms with Crippen molar-refractivity contribution in [3.63, 3.8) is 0 Å². The van der Waals surface area contributed by atoms with E-state index in [1.165, 1.54) is 19.6 Å². The number of aliphatic hydroxyl groups is 32. The van der Waals surface area contributed by atoms with Gasteiger partial charge in [-0.2, -0.15) is 0 Å². The minimum atomic E-state index is -2.54. The number of hydrogen-bond donors (Lipinski definition) is 36. The van der Waals surface area contributed by atoms with Gasteiger partial charge in [0.25, 0.3) is 23.6 Å². The summed E-state index contributed by atoms with van der Waals surface area (Å²) in [5.74, 6) is -8.25. The zero-order valence-corrected chi connectivity index (χ0v) is 81.0. The van der Waals surface area contributed by atoms with Crippen molar-refractivity contribution in [2.75, 3.05) is 125 Å². The van der Waals surface area contributed by atoms with Crippen molar-refractivity contribution in [2.45, 2.75) is 285 Å². The van der Waals surface area contributed by atoms with E-state index in [-0.39, 0.29) is 87.5 Å². The molecule has 15 rings (SSSR count). The Labute approximate surface area is 856 Å². The molecule has 36 atom stereocenters. The van der Waals surface area contributed by atoms with Crippen LogP contribution in [0.2, 0.25) is 0 Å². The first-order valence-electron chi connectivity index (χ1n) is 48.5. The van der Waals surface area contributed by atoms with Gasteiger partial charge in [0.05, 0.1) is 52.9 Å². The van der Waals surface area contributed by atoms with Crippen LogP contribution in [0.5, 0.6) is 0 Å². The van der Waals surface area contributed by atoms with Crippen LogP contribution in [0.1, 0.15) is 73.6 Å². The Morgan fingerprint density at radius 1 is 0.267 bits per heavy atom. The molecular weight excluding hydrogens is 2010 g/mol. The van der Waals surface area contributed by atoms with Gasteiger partial charge in [-0.1, -0.05) is 48.5 Å². The normalized spacial score (nSPS) is 28.7. The summed E-state index contributed by atoms with van der Waals surface area (Å²) in [6.07, 6.45) is -77.6. The summed E-state index contributed by atoms with van der Waals surface area (Å²) in [4.78, 5) is 119. The molecule has 8 bridgehead atoms. The smallest absolute Gasteiger partial charge is 0.251 e. The summed E-state index contributed by atoms with van der Waals surface area (Å²) >= 11 is 0. The first-order valence-corrected chi connectivity index (χ1v) is 48.5. The van der Waals surface area contributed by atoms with Crippen LogP contribution in [0.4, 0.5) is 22.7 Å². The van der Waals surface area contributed by atoms with Gasteiger partial charge in [-0.25, -0.2) is 0 Å². The number of carbonyl (C=O) groups excluding carboxylic acids is 8. The molecule has 56 heteroatoms. The lowest BCUT2D eigenvalue weighted by molar-refractivity contribution is -0.326. The molecule has 844 valence electrons. The number of nitrogens with one attached hydrogen (secondary N) is 4. The van der Waals surface area contributed by atoms with E-state index in [0.717, 1.165) is 0 Å². The lowest BCUT2D eigenvalue weighted by atomic mass is 9.98. The Morgan fingerprint density at radius 2 is 0.440 bits per heavy atom. The van der Waals surface area contributed by atoms with Gasteiger partial charge in [-0.15, -0.1) is 0 Å². The fraction of sp³-hybridized carbons (Fsp3) is 0.660. The average Bonchev–Trinajstić information content (AvgIpc) is 0.808. The standard InChI is InChI=1S/C94H140N8O48/c103-35-51(111)83(147-91-79(135)67(123)63(119)55(39-107)143-91)71(127)75(131)87(139)95-25-21-59(115)99-29-1-2-30-100(60(116)22-26-96-88(140)76(132)72(128)84(52(112)36-104)148-92-80(136)68(124)64(120)56(40-108)144-92)48-15-7-44(8-16-48)34-46-11-19-50(20-12-46)102(62(118)24-28-98-90(142)78(134)74(130)86(54(114)38-106)150-94-82(138)70(126)66(122)58(42-110)146-94)32-4-3-31-101(49-17-9-45(10-18-49)33-43-5-13-47(99)14-6-43)61(117)23-27-97-89(141)77(133)73(129)85(53(113)37-105)149-93-81(137)69(125)65(121)57(41-109)145-93/h5-20,51-58,63-86,91-94,103-114,119-138H,1-4,21-42H2,(H,95,139)(H,96,140)(H,97,141)(H,98,142)/t51-,52-,53-,54-,55-,56-,57-,58-,63-,64-,65-,66-,67+,68+,69+,70+,71-,72-,73-,74-,75-,76-,77-,78-,79-,80-,81-,82-,83-,84-,85-,86-,91+,92+,93+,94+/m1/s1. The number of aliphatic hydroxyl groups excluding tert-OH is 32. The molecule has 150 heavy (non-hydrogen) atoms. The minimum absolute atomic E-state index is 0.0614. The van der Waals surface area contributed by atoms with Crippen LogP contribution in [-0.4, -0.2) is 536 Å². The van der Waals surface area contributed by atoms with Crippen LogP contribution >= 0.6 is 0 Å². The molecule has 0 spiro atoms. The molecule has 11 aliphatic rings. The van der Waals surface area contributed by atoms with Crippen LogP contribution in [0, 0.1) is 0 Å². The number of carbonyl (C=O) groups is 8. The summed E-state index contributed by atoms with van der Waals surface area (Å²) in [5, 5.41) is 346. The summed E-state index contributed by atoms with van der Waals surface area (Å²) in [5.41, 5.74) is 3.43. The zero-order valence-electron chi connectivity index (χ0n) is 81.0. The van der Waals surface area contributed by atoms with Crippen LogP contribution < -0.4 is 40.9 Å². The molecule has 0 aromatic heterocycles. The number of ether oxygens (including phenoxy) is 8. The average molecular weight is 2150 g/mol. The molecule has 4 aromatic rings. The van der Waals surface area contributed by atoms with Crippen LogP contribution in [0.15, 0.2) is 97.1 Å². The van der Waals surface area contributed by atoms with Crippen molar-refractivity contribution < 1.29 is 240 Å². The summed E-state index contributed by atoms with van der Waals surface area (Å²) in [6, 6.07) is 25.8. The maximum Gasteiger partial charge on any atom is 0.251 e. The first-order chi connectivity index (χ1) is 71.3. The third-order valence-electron chi connectivity index (χ3n) is 26.1. The Balaban J connectivity index is 1.00. The van der Waals surface area contributed by atoms with E-state index in [1.807, 2.05) is 0 Å². The van der Waals surface area contributed by atoms with E-state index in [9.17, 15) is 202 Å². The third kappa shape index (κ3) is 32.6. The number of anilines is 4. The van der Waals surface area contributed by atoms with E-state index in [1.54, 1.807) is 97.1 Å². The van der Waals surface area contributed by atoms with Crippen molar-refractivity contribution >= 4 is 70.0 Å². The highest BCUT2D eigenvalue weighted by Gasteiger charge is 2.54. The molecule has 8 amide bonds. The van der Waals surface area contributed by atoms with Gasteiger partial charge in [0.1, 0.15) is 171 Å². The molecule has 4 saturated heterocycles. The predicted molar refractivity (Wildman–Crippen MR) is 505 cm³/mol. The van der Waals surface area contributed by atoms with Crippen LogP contribution in [0.3, 0.4) is 0 Å². The second kappa shape index (κ2) is 59.6. The van der Waals surface area contributed by atoms with E-state index in [4.69, 9.17) is 37.9 Å². The van der Waals surface area contributed by atoms with Crippen LogP contribution in [-0.2, 0) is 89.1 Å². The monoisotopic (exact) mass is 2150 g/mol. The number of rotatable bonds is 44. The molecule has 0 aliphatic carbocycles. The maximum absolute atomic E-state index is 14.8. The summed E-state index contributed by atoms with van der Waals surface area (Å²) in [7, 11) is 0. The highest BCUT2D eigenvalue weighted by atomic mass is 16.7. The van der Waals surface area contributed by atoms with Crippen LogP contribution in [0.25, 0.3) is 0 Å². The van der Waals surface area contributed by atoms with E-state index in [0.29, 0.717) is 22.3 Å². The second-order valence-electron chi connectivity index (χ2n) is 36.7. The molecule has 0 unspecified atom stereocenters. The SMILES string of the molecule is O=C(NCCC(=O)N1CCCCN(C(=O)CCNC(=O)[C@H](O)[C@@H](O)[C@H](O[C@@H]2O[C@H](CO)[C@@H](O)[C@H](O)[C@H]2O)[C@H](O)CO)c2ccc(cc2)Cc2ccc(cc2)N(C(=O)CCNC(=O)[C@H](O)[C@@H](O)[C@H](O[C@@H]2O[C@H](CO)[C@@H](O)[C@H](O)[C@H]2O)[C@H](O)CO)CCCCN(C(=O)CCNC(=O)[C@H](O)[C@@H](O)[C@H](O[C@@H]2O[C@H](CO)[C@@H](O)[C@H](O)[C@H]2O)[C@H](O)CO)c2ccc(cc2)Cc2ccc1cc2)[C@H](O)[C@@H](O)[C@H](O[C@@H]1O[C@H](CO)[C@@H](O)[C@H](O)[C@H]1O)[C@H](O)CO. The molecule has 11 heterocycles. The number of hydrogen-bond acceptors (Lipinski definition) is 48.